The van der Waals surface area contributed by atoms with Gasteiger partial charge >= 0.3 is 11.9 Å². The van der Waals surface area contributed by atoms with Crippen LogP contribution in [0.2, 0.25) is 0 Å². The van der Waals surface area contributed by atoms with Crippen molar-refractivity contribution in [2.75, 3.05) is 26.2 Å². The number of hydrogen-bond donors (Lipinski definition) is 0. The summed E-state index contributed by atoms with van der Waals surface area (Å²) in [6, 6.07) is 6.11. The van der Waals surface area contributed by atoms with Crippen LogP contribution < -0.4 is 4.74 Å². The van der Waals surface area contributed by atoms with Crippen molar-refractivity contribution in [2.24, 2.45) is 5.92 Å². The Bertz CT molecular complexity index is 690. The number of piperidine rings is 1. The summed E-state index contributed by atoms with van der Waals surface area (Å²) in [6.07, 6.45) is 5.91. The number of para-hydroxylation sites is 1. The molecule has 1 aromatic rings. The second-order valence-electron chi connectivity index (χ2n) is 8.52. The Morgan fingerprint density at radius 1 is 1.04 bits per heavy atom. The molecular weight excluding hydrogens is 354 g/mol. The minimum atomic E-state index is -0.510. The van der Waals surface area contributed by atoms with Crippen molar-refractivity contribution >= 4 is 11.9 Å². The van der Waals surface area contributed by atoms with Gasteiger partial charge in [0.25, 0.3) is 0 Å². The molecule has 154 valence electrons. The molecule has 0 radical (unpaired) electrons. The van der Waals surface area contributed by atoms with Crippen molar-refractivity contribution in [1.82, 2.24) is 4.90 Å². The molecule has 0 aromatic heterocycles. The zero-order chi connectivity index (χ0) is 20.1. The summed E-state index contributed by atoms with van der Waals surface area (Å²) in [7, 11) is 0. The lowest BCUT2D eigenvalue weighted by atomic mass is 9.90. The van der Waals surface area contributed by atoms with Crippen LogP contribution in [0.5, 0.6) is 5.75 Å². The molecule has 3 rings (SSSR count). The lowest BCUT2D eigenvalue weighted by Crippen LogP contribution is -2.36. The number of likely N-dealkylation sites (tertiary alicyclic amines) is 1. The fourth-order valence-electron chi connectivity index (χ4n) is 3.98. The second-order valence-corrected chi connectivity index (χ2v) is 8.52. The molecule has 2 fully saturated rings. The average Bonchev–Trinajstić information content (AvgIpc) is 3.52. The third-order valence-electron chi connectivity index (χ3n) is 5.89. The number of hydrogen-bond acceptors (Lipinski definition) is 5. The maximum Gasteiger partial charge on any atom is 0.349 e. The third kappa shape index (κ3) is 5.57. The number of esters is 2. The molecule has 1 saturated heterocycles. The van der Waals surface area contributed by atoms with E-state index in [1.807, 2.05) is 12.1 Å². The first-order valence-electron chi connectivity index (χ1n) is 10.7. The molecule has 0 spiro atoms. The van der Waals surface area contributed by atoms with E-state index in [1.165, 1.54) is 19.3 Å². The fourth-order valence-corrected chi connectivity index (χ4v) is 3.98. The molecule has 1 atom stereocenters. The van der Waals surface area contributed by atoms with E-state index in [0.29, 0.717) is 17.6 Å². The molecule has 1 aromatic carbocycles. The Balaban J connectivity index is 1.60. The van der Waals surface area contributed by atoms with Crippen LogP contribution in [-0.2, 0) is 14.3 Å². The van der Waals surface area contributed by atoms with Gasteiger partial charge in [0.2, 0.25) is 0 Å². The minimum Gasteiger partial charge on any atom is -0.453 e. The average molecular weight is 388 g/mol. The molecule has 0 bridgehead atoms. The van der Waals surface area contributed by atoms with Gasteiger partial charge in [0.15, 0.2) is 6.61 Å². The van der Waals surface area contributed by atoms with Crippen LogP contribution in [-0.4, -0.2) is 43.1 Å². The van der Waals surface area contributed by atoms with Gasteiger partial charge < -0.3 is 9.47 Å². The molecule has 1 saturated carbocycles. The molecule has 0 amide bonds. The van der Waals surface area contributed by atoms with Crippen LogP contribution in [0.25, 0.3) is 0 Å². The number of nitrogens with zero attached hydrogens (tertiary/aromatic N) is 1. The van der Waals surface area contributed by atoms with Gasteiger partial charge in [-0.25, -0.2) is 4.79 Å². The van der Waals surface area contributed by atoms with Gasteiger partial charge in [-0.15, -0.1) is 0 Å². The minimum absolute atomic E-state index is 0.246. The highest BCUT2D eigenvalue weighted by atomic mass is 16.6. The van der Waals surface area contributed by atoms with Crippen LogP contribution in [0.4, 0.5) is 0 Å². The monoisotopic (exact) mass is 387 g/mol. The lowest BCUT2D eigenvalue weighted by molar-refractivity contribution is -0.154. The van der Waals surface area contributed by atoms with Crippen LogP contribution in [0.1, 0.15) is 75.8 Å². The molecule has 1 aliphatic carbocycles. The Hall–Kier alpha value is -1.88. The largest absolute Gasteiger partial charge is 0.453 e. The zero-order valence-corrected chi connectivity index (χ0v) is 17.4. The molecule has 5 heteroatoms. The normalized spacial score (nSPS) is 18.7. The molecule has 0 N–H and O–H groups in total. The van der Waals surface area contributed by atoms with Crippen molar-refractivity contribution in [3.63, 3.8) is 0 Å². The third-order valence-corrected chi connectivity index (χ3v) is 5.89. The number of rotatable bonds is 8. The zero-order valence-electron chi connectivity index (χ0n) is 17.4. The number of ether oxygens (including phenoxy) is 2. The highest BCUT2D eigenvalue weighted by Gasteiger charge is 2.32. The second kappa shape index (κ2) is 9.55. The van der Waals surface area contributed by atoms with Gasteiger partial charge in [0.1, 0.15) is 5.75 Å². The van der Waals surface area contributed by atoms with Crippen molar-refractivity contribution < 1.29 is 19.1 Å². The molecule has 28 heavy (non-hydrogen) atoms. The Morgan fingerprint density at radius 3 is 2.36 bits per heavy atom. The van der Waals surface area contributed by atoms with Crippen LogP contribution >= 0.6 is 0 Å². The molecule has 2 aliphatic rings. The summed E-state index contributed by atoms with van der Waals surface area (Å²) in [5, 5.41) is 0. The number of carbonyl (C=O) groups excluding carboxylic acids is 2. The highest BCUT2D eigenvalue weighted by Crippen LogP contribution is 2.46. The standard InChI is InChI=1S/C23H33NO4/c1-16(2)19-8-7-9-20(17(3)18-10-11-18)23(19)28-22(26)15-27-21(25)14-24-12-5-4-6-13-24/h7-9,16-18H,4-6,10-15H2,1-3H3/t17-/m1/s1. The van der Waals surface area contributed by atoms with Crippen LogP contribution in [0.3, 0.4) is 0 Å². The molecule has 5 nitrogen and oxygen atoms in total. The number of carbonyl (C=O) groups is 2. The predicted molar refractivity (Wildman–Crippen MR) is 109 cm³/mol. The maximum atomic E-state index is 12.4. The van der Waals surface area contributed by atoms with E-state index in [4.69, 9.17) is 9.47 Å². The van der Waals surface area contributed by atoms with Gasteiger partial charge in [-0.3, -0.25) is 9.69 Å². The lowest BCUT2D eigenvalue weighted by Gasteiger charge is -2.25. The van der Waals surface area contributed by atoms with E-state index in [0.717, 1.165) is 37.1 Å². The van der Waals surface area contributed by atoms with Crippen LogP contribution in [0, 0.1) is 5.92 Å². The quantitative estimate of drug-likeness (QED) is 0.493. The van der Waals surface area contributed by atoms with Crippen molar-refractivity contribution in [1.29, 1.82) is 0 Å². The SMILES string of the molecule is CC(C)c1cccc([C@H](C)C2CC2)c1OC(=O)COC(=O)CN1CCCCC1. The summed E-state index contributed by atoms with van der Waals surface area (Å²) in [5.74, 6) is 1.07. The fraction of sp³-hybridized carbons (Fsp3) is 0.652. The topological polar surface area (TPSA) is 55.8 Å². The summed E-state index contributed by atoms with van der Waals surface area (Å²) in [6.45, 7) is 8.14. The van der Waals surface area contributed by atoms with E-state index < -0.39 is 5.97 Å². The van der Waals surface area contributed by atoms with E-state index in [-0.39, 0.29) is 25.0 Å². The summed E-state index contributed by atoms with van der Waals surface area (Å²) in [5.41, 5.74) is 2.11. The summed E-state index contributed by atoms with van der Waals surface area (Å²) < 4.78 is 10.9. The molecular formula is C23H33NO4. The number of benzene rings is 1. The van der Waals surface area contributed by atoms with Gasteiger partial charge in [-0.1, -0.05) is 45.4 Å². The van der Waals surface area contributed by atoms with E-state index >= 15 is 0 Å². The predicted octanol–water partition coefficient (Wildman–Crippen LogP) is 4.26. The van der Waals surface area contributed by atoms with Crippen molar-refractivity contribution in [3.05, 3.63) is 29.3 Å². The summed E-state index contributed by atoms with van der Waals surface area (Å²) >= 11 is 0. The van der Waals surface area contributed by atoms with Gasteiger partial charge in [-0.05, 0) is 67.7 Å². The molecule has 1 aliphatic heterocycles. The Kier molecular flexibility index (Phi) is 7.11. The van der Waals surface area contributed by atoms with E-state index in [2.05, 4.69) is 31.7 Å². The first-order valence-corrected chi connectivity index (χ1v) is 10.7. The van der Waals surface area contributed by atoms with Gasteiger partial charge in [-0.2, -0.15) is 0 Å². The van der Waals surface area contributed by atoms with Crippen LogP contribution in [0.15, 0.2) is 18.2 Å². The molecule has 1 heterocycles. The maximum absolute atomic E-state index is 12.4. The van der Waals surface area contributed by atoms with E-state index in [9.17, 15) is 9.59 Å². The first-order chi connectivity index (χ1) is 13.5. The smallest absolute Gasteiger partial charge is 0.349 e. The molecule has 0 unspecified atom stereocenters. The Morgan fingerprint density at radius 2 is 1.71 bits per heavy atom. The summed E-state index contributed by atoms with van der Waals surface area (Å²) in [4.78, 5) is 26.6. The van der Waals surface area contributed by atoms with E-state index in [1.54, 1.807) is 0 Å². The first kappa shape index (κ1) is 20.8. The Labute approximate surface area is 168 Å². The highest BCUT2D eigenvalue weighted by molar-refractivity contribution is 5.79. The van der Waals surface area contributed by atoms with Gasteiger partial charge in [0.05, 0.1) is 6.54 Å². The van der Waals surface area contributed by atoms with Crippen molar-refractivity contribution in [2.45, 2.75) is 64.7 Å². The van der Waals surface area contributed by atoms with Crippen molar-refractivity contribution in [3.8, 4) is 5.75 Å². The van der Waals surface area contributed by atoms with Gasteiger partial charge in [0, 0.05) is 0 Å².